The van der Waals surface area contributed by atoms with E-state index < -0.39 is 0 Å². The third-order valence-electron chi connectivity index (χ3n) is 2.15. The lowest BCUT2D eigenvalue weighted by Crippen LogP contribution is -2.49. The van der Waals surface area contributed by atoms with Crippen molar-refractivity contribution in [2.45, 2.75) is 24.9 Å². The summed E-state index contributed by atoms with van der Waals surface area (Å²) in [5.74, 6) is 0. The molecule has 0 aliphatic heterocycles. The first-order chi connectivity index (χ1) is 4.74. The lowest BCUT2D eigenvalue weighted by molar-refractivity contribution is -0.111. The van der Waals surface area contributed by atoms with Crippen LogP contribution in [0.1, 0.15) is 12.8 Å². The second-order valence-electron chi connectivity index (χ2n) is 3.07. The van der Waals surface area contributed by atoms with E-state index in [1.807, 2.05) is 0 Å². The van der Waals surface area contributed by atoms with Gasteiger partial charge in [-0.25, -0.2) is 0 Å². The molecular formula is C7H14N2O. The molecule has 0 unspecified atom stereocenters. The van der Waals surface area contributed by atoms with E-state index >= 15 is 0 Å². The van der Waals surface area contributed by atoms with Crippen LogP contribution in [0.2, 0.25) is 0 Å². The molecule has 0 aromatic rings. The van der Waals surface area contributed by atoms with Crippen molar-refractivity contribution < 1.29 is 4.79 Å². The Kier molecular flexibility index (Phi) is 2.27. The van der Waals surface area contributed by atoms with Crippen molar-refractivity contribution in [3.8, 4) is 0 Å². The van der Waals surface area contributed by atoms with Gasteiger partial charge in [0.05, 0.1) is 0 Å². The zero-order valence-corrected chi connectivity index (χ0v) is 6.50. The van der Waals surface area contributed by atoms with Crippen molar-refractivity contribution in [3.63, 3.8) is 0 Å². The minimum absolute atomic E-state index is 0.435. The Hall–Kier alpha value is -0.570. The fraction of sp³-hybridized carbons (Fsp3) is 0.857. The summed E-state index contributed by atoms with van der Waals surface area (Å²) in [6, 6.07) is 1.11. The minimum Gasteiger partial charge on any atom is -0.356 e. The van der Waals surface area contributed by atoms with E-state index in [1.54, 1.807) is 0 Å². The summed E-state index contributed by atoms with van der Waals surface area (Å²) in [4.78, 5) is 12.2. The Morgan fingerprint density at radius 2 is 2.10 bits per heavy atom. The predicted molar refractivity (Wildman–Crippen MR) is 39.7 cm³/mol. The predicted octanol–water partition coefficient (Wildman–Crippen LogP) is -0.175. The van der Waals surface area contributed by atoms with Gasteiger partial charge in [-0.2, -0.15) is 0 Å². The van der Waals surface area contributed by atoms with Crippen LogP contribution in [0.15, 0.2) is 0 Å². The molecule has 1 aliphatic rings. The summed E-state index contributed by atoms with van der Waals surface area (Å²) >= 11 is 0. The van der Waals surface area contributed by atoms with E-state index in [0.717, 1.165) is 19.3 Å². The average molecular weight is 142 g/mol. The second-order valence-corrected chi connectivity index (χ2v) is 3.07. The van der Waals surface area contributed by atoms with Crippen molar-refractivity contribution in [3.05, 3.63) is 0 Å². The highest BCUT2D eigenvalue weighted by molar-refractivity contribution is 5.47. The number of nitrogens with zero attached hydrogens (tertiary/aromatic N) is 1. The van der Waals surface area contributed by atoms with Crippen LogP contribution in [0.5, 0.6) is 0 Å². The summed E-state index contributed by atoms with van der Waals surface area (Å²) in [5, 5.41) is 2.76. The van der Waals surface area contributed by atoms with Crippen molar-refractivity contribution in [2.24, 2.45) is 0 Å². The van der Waals surface area contributed by atoms with Gasteiger partial charge in [-0.05, 0) is 26.9 Å². The highest BCUT2D eigenvalue weighted by Crippen LogP contribution is 2.22. The number of hydrogen-bond acceptors (Lipinski definition) is 2. The third kappa shape index (κ3) is 1.48. The SMILES string of the molecule is CN(C)C1CC(NC=O)C1. The summed E-state index contributed by atoms with van der Waals surface area (Å²) in [7, 11) is 4.14. The van der Waals surface area contributed by atoms with Crippen molar-refractivity contribution in [1.82, 2.24) is 10.2 Å². The zero-order valence-electron chi connectivity index (χ0n) is 6.50. The second kappa shape index (κ2) is 3.01. The molecule has 1 N–H and O–H groups in total. The normalized spacial score (nSPS) is 31.5. The van der Waals surface area contributed by atoms with Gasteiger partial charge in [-0.15, -0.1) is 0 Å². The Morgan fingerprint density at radius 1 is 1.50 bits per heavy atom. The molecule has 0 aromatic carbocycles. The van der Waals surface area contributed by atoms with Crippen LogP contribution in [0, 0.1) is 0 Å². The van der Waals surface area contributed by atoms with E-state index in [1.165, 1.54) is 0 Å². The molecule has 0 spiro atoms. The molecular weight excluding hydrogens is 128 g/mol. The Labute approximate surface area is 61.4 Å². The average Bonchev–Trinajstić information content (AvgIpc) is 1.76. The van der Waals surface area contributed by atoms with Gasteiger partial charge in [0.2, 0.25) is 6.41 Å². The summed E-state index contributed by atoms with van der Waals surface area (Å²) in [6.45, 7) is 0. The molecule has 1 fully saturated rings. The maximum absolute atomic E-state index is 9.96. The van der Waals surface area contributed by atoms with Gasteiger partial charge in [0.15, 0.2) is 0 Å². The van der Waals surface area contributed by atoms with Crippen molar-refractivity contribution in [1.29, 1.82) is 0 Å². The first-order valence-corrected chi connectivity index (χ1v) is 3.60. The van der Waals surface area contributed by atoms with Gasteiger partial charge in [0.25, 0.3) is 0 Å². The number of nitrogens with one attached hydrogen (secondary N) is 1. The molecule has 0 heterocycles. The smallest absolute Gasteiger partial charge is 0.207 e. The van der Waals surface area contributed by atoms with Crippen LogP contribution >= 0.6 is 0 Å². The highest BCUT2D eigenvalue weighted by Gasteiger charge is 2.29. The van der Waals surface area contributed by atoms with Gasteiger partial charge < -0.3 is 10.2 Å². The molecule has 3 nitrogen and oxygen atoms in total. The summed E-state index contributed by atoms with van der Waals surface area (Å²) in [5.41, 5.74) is 0. The molecule has 1 amide bonds. The molecule has 0 bridgehead atoms. The lowest BCUT2D eigenvalue weighted by Gasteiger charge is -2.39. The highest BCUT2D eigenvalue weighted by atomic mass is 16.1. The Morgan fingerprint density at radius 3 is 2.50 bits per heavy atom. The van der Waals surface area contributed by atoms with Gasteiger partial charge in [-0.1, -0.05) is 0 Å². The molecule has 0 aromatic heterocycles. The molecule has 1 saturated carbocycles. The molecule has 10 heavy (non-hydrogen) atoms. The van der Waals surface area contributed by atoms with Gasteiger partial charge in [0.1, 0.15) is 0 Å². The third-order valence-corrected chi connectivity index (χ3v) is 2.15. The Bertz CT molecular complexity index is 119. The topological polar surface area (TPSA) is 32.3 Å². The number of carbonyl (C=O) groups is 1. The van der Waals surface area contributed by atoms with Crippen LogP contribution < -0.4 is 5.32 Å². The fourth-order valence-corrected chi connectivity index (χ4v) is 1.24. The van der Waals surface area contributed by atoms with Gasteiger partial charge in [-0.3, -0.25) is 4.79 Å². The standard InChI is InChI=1S/C7H14N2O/c1-9(2)7-3-6(4-7)8-5-10/h5-7H,3-4H2,1-2H3,(H,8,10). The van der Waals surface area contributed by atoms with E-state index in [9.17, 15) is 4.79 Å². The Balaban J connectivity index is 2.11. The maximum Gasteiger partial charge on any atom is 0.207 e. The molecule has 3 heteroatoms. The number of rotatable bonds is 3. The number of hydrogen-bond donors (Lipinski definition) is 1. The molecule has 0 atom stereocenters. The minimum atomic E-state index is 0.435. The summed E-state index contributed by atoms with van der Waals surface area (Å²) in [6.07, 6.45) is 2.99. The largest absolute Gasteiger partial charge is 0.356 e. The van der Waals surface area contributed by atoms with Crippen molar-refractivity contribution in [2.75, 3.05) is 14.1 Å². The van der Waals surface area contributed by atoms with E-state index in [4.69, 9.17) is 0 Å². The quantitative estimate of drug-likeness (QED) is 0.555. The fourth-order valence-electron chi connectivity index (χ4n) is 1.24. The molecule has 1 rings (SSSR count). The van der Waals surface area contributed by atoms with Crippen LogP contribution in [-0.4, -0.2) is 37.5 Å². The van der Waals surface area contributed by atoms with Gasteiger partial charge >= 0.3 is 0 Å². The monoisotopic (exact) mass is 142 g/mol. The van der Waals surface area contributed by atoms with E-state index in [2.05, 4.69) is 24.3 Å². The number of carbonyl (C=O) groups excluding carboxylic acids is 1. The molecule has 1 aliphatic carbocycles. The van der Waals surface area contributed by atoms with Crippen LogP contribution in [-0.2, 0) is 4.79 Å². The lowest BCUT2D eigenvalue weighted by atomic mass is 9.86. The number of amides is 1. The molecule has 0 radical (unpaired) electrons. The van der Waals surface area contributed by atoms with E-state index in [-0.39, 0.29) is 0 Å². The zero-order chi connectivity index (χ0) is 7.56. The first kappa shape index (κ1) is 7.54. The first-order valence-electron chi connectivity index (χ1n) is 3.60. The van der Waals surface area contributed by atoms with Crippen LogP contribution in [0.25, 0.3) is 0 Å². The van der Waals surface area contributed by atoms with Crippen LogP contribution in [0.4, 0.5) is 0 Å². The van der Waals surface area contributed by atoms with Crippen LogP contribution in [0.3, 0.4) is 0 Å². The molecule has 0 saturated heterocycles. The van der Waals surface area contributed by atoms with Gasteiger partial charge in [0, 0.05) is 12.1 Å². The summed E-state index contributed by atoms with van der Waals surface area (Å²) < 4.78 is 0. The van der Waals surface area contributed by atoms with E-state index in [0.29, 0.717) is 12.1 Å². The van der Waals surface area contributed by atoms with Crippen molar-refractivity contribution >= 4 is 6.41 Å². The molecule has 58 valence electrons. The maximum atomic E-state index is 9.96.